The van der Waals surface area contributed by atoms with Crippen LogP contribution in [-0.2, 0) is 0 Å². The van der Waals surface area contributed by atoms with Crippen LogP contribution in [-0.4, -0.2) is 7.25 Å². The minimum atomic E-state index is -6.00. The van der Waals surface area contributed by atoms with Gasteiger partial charge in [-0.3, -0.25) is 0 Å². The van der Waals surface area contributed by atoms with Gasteiger partial charge in [0.05, 0.1) is 0 Å². The summed E-state index contributed by atoms with van der Waals surface area (Å²) in [5.74, 6) is 0. The lowest BCUT2D eigenvalue weighted by atomic mass is 10.3. The van der Waals surface area contributed by atoms with Crippen LogP contribution in [0, 0.1) is 6.20 Å². The van der Waals surface area contributed by atoms with Crippen molar-refractivity contribution < 1.29 is 17.3 Å². The fourth-order valence-corrected chi connectivity index (χ4v) is 0.144. The first-order valence-electron chi connectivity index (χ1n) is 2.10. The Kier molecular flexibility index (Phi) is 3.34. The van der Waals surface area contributed by atoms with Crippen molar-refractivity contribution in [1.29, 1.82) is 0 Å². The summed E-state index contributed by atoms with van der Waals surface area (Å²) >= 11 is 0. The molecule has 0 saturated carbocycles. The van der Waals surface area contributed by atoms with Crippen LogP contribution in [0.5, 0.6) is 0 Å². The Bertz CT molecular complexity index is 124. The first-order chi connectivity index (χ1) is 4.50. The maximum absolute atomic E-state index is 9.75. The topological polar surface area (TPSA) is 36.8 Å². The number of halogens is 4. The molecular formula is C2H2BF4N3. The smallest absolute Gasteiger partial charge is 0.418 e. The van der Waals surface area contributed by atoms with Crippen LogP contribution in [0.2, 0.25) is 0 Å². The molecule has 0 aromatic heterocycles. The molecule has 1 N–H and O–H groups in total. The molecule has 3 nitrogen and oxygen atoms in total. The standard InChI is InChI=1S/C2H2N3.BF4/c1-2-4-5-3-1;2-1(3,4)5/h1H,(H,3,4,5);/q+1;-1. The second kappa shape index (κ2) is 3.78. The predicted octanol–water partition coefficient (Wildman–Crippen LogP) is 1.53. The number of nitrogens with one attached hydrogen (secondary N) is 1. The fourth-order valence-electron chi connectivity index (χ4n) is 0.144. The third-order valence-corrected chi connectivity index (χ3v) is 0.295. The zero-order chi connectivity index (χ0) is 8.04. The van der Waals surface area contributed by atoms with Gasteiger partial charge in [-0.15, -0.1) is 0 Å². The Morgan fingerprint density at radius 2 is 1.80 bits per heavy atom. The molecule has 1 heterocycles. The number of nitrogens with zero attached hydrogens (tertiary/aromatic N) is 2. The number of rotatable bonds is 0. The second-order valence-electron chi connectivity index (χ2n) is 1.10. The van der Waals surface area contributed by atoms with Crippen molar-refractivity contribution >= 4 is 7.25 Å². The summed E-state index contributed by atoms with van der Waals surface area (Å²) in [4.78, 5) is 0. The van der Waals surface area contributed by atoms with E-state index in [9.17, 15) is 17.3 Å². The molecule has 1 aliphatic heterocycles. The first-order valence-corrected chi connectivity index (χ1v) is 2.10. The first kappa shape index (κ1) is 8.83. The van der Waals surface area contributed by atoms with Gasteiger partial charge >= 0.3 is 13.5 Å². The lowest BCUT2D eigenvalue weighted by molar-refractivity contribution is 0.368. The highest BCUT2D eigenvalue weighted by atomic mass is 19.5. The Hall–Kier alpha value is -1.17. The molecule has 0 aromatic carbocycles. The molecular weight excluding hydrogens is 153 g/mol. The van der Waals surface area contributed by atoms with Crippen LogP contribution in [0.1, 0.15) is 0 Å². The molecule has 8 heteroatoms. The zero-order valence-electron chi connectivity index (χ0n) is 4.56. The van der Waals surface area contributed by atoms with E-state index in [1.54, 1.807) is 0 Å². The molecule has 0 unspecified atom stereocenters. The second-order valence-corrected chi connectivity index (χ2v) is 1.10. The van der Waals surface area contributed by atoms with Gasteiger partial charge in [0.1, 0.15) is 5.11 Å². The van der Waals surface area contributed by atoms with Gasteiger partial charge in [-0.25, -0.2) is 5.43 Å². The minimum Gasteiger partial charge on any atom is -0.418 e. The van der Waals surface area contributed by atoms with Crippen LogP contribution in [0.3, 0.4) is 0 Å². The predicted molar refractivity (Wildman–Crippen MR) is 26.0 cm³/mol. The van der Waals surface area contributed by atoms with E-state index in [1.807, 2.05) is 0 Å². The van der Waals surface area contributed by atoms with E-state index >= 15 is 0 Å². The van der Waals surface area contributed by atoms with Crippen molar-refractivity contribution in [3.63, 3.8) is 0 Å². The van der Waals surface area contributed by atoms with Gasteiger partial charge in [0.15, 0.2) is 0 Å². The summed E-state index contributed by atoms with van der Waals surface area (Å²) in [6.07, 6.45) is 3.97. The van der Waals surface area contributed by atoms with E-state index in [0.29, 0.717) is 0 Å². The van der Waals surface area contributed by atoms with Crippen molar-refractivity contribution in [2.24, 2.45) is 10.3 Å². The van der Waals surface area contributed by atoms with E-state index in [1.165, 1.54) is 6.20 Å². The van der Waals surface area contributed by atoms with Crippen LogP contribution < -0.4 is 5.43 Å². The van der Waals surface area contributed by atoms with Crippen LogP contribution in [0.25, 0.3) is 0 Å². The monoisotopic (exact) mass is 155 g/mol. The van der Waals surface area contributed by atoms with Gasteiger partial charge in [-0.2, -0.15) is 0 Å². The van der Waals surface area contributed by atoms with Gasteiger partial charge < -0.3 is 17.3 Å². The molecule has 0 atom stereocenters. The van der Waals surface area contributed by atoms with E-state index in [-0.39, 0.29) is 0 Å². The minimum absolute atomic E-state index is 1.53. The van der Waals surface area contributed by atoms with E-state index in [2.05, 4.69) is 22.0 Å². The molecule has 0 radical (unpaired) electrons. The summed E-state index contributed by atoms with van der Waals surface area (Å²) in [5, 5.41) is 6.58. The summed E-state index contributed by atoms with van der Waals surface area (Å²) in [6, 6.07) is 0. The molecule has 1 aliphatic rings. The maximum Gasteiger partial charge on any atom is 0.673 e. The quantitative estimate of drug-likeness (QED) is 0.321. The Morgan fingerprint density at radius 3 is 1.90 bits per heavy atom. The molecule has 0 aliphatic carbocycles. The maximum atomic E-state index is 9.75. The van der Waals surface area contributed by atoms with Crippen molar-refractivity contribution in [1.82, 2.24) is 5.43 Å². The molecule has 0 bridgehead atoms. The lowest BCUT2D eigenvalue weighted by Crippen LogP contribution is -2.02. The zero-order valence-corrected chi connectivity index (χ0v) is 4.56. The molecule has 0 aromatic rings. The van der Waals surface area contributed by atoms with Gasteiger partial charge in [-0.05, 0) is 5.22 Å². The summed E-state index contributed by atoms with van der Waals surface area (Å²) in [5.41, 5.74) is 2.44. The van der Waals surface area contributed by atoms with Crippen LogP contribution in [0.4, 0.5) is 17.3 Å². The molecule has 1 rings (SSSR count). The Labute approximate surface area is 53.9 Å². The number of hydrogen-bond acceptors (Lipinski definition) is 3. The van der Waals surface area contributed by atoms with Crippen molar-refractivity contribution in [3.05, 3.63) is 12.4 Å². The van der Waals surface area contributed by atoms with Gasteiger partial charge in [0, 0.05) is 0 Å². The fraction of sp³-hybridized carbons (Fsp3) is 0. The third-order valence-electron chi connectivity index (χ3n) is 0.295. The van der Waals surface area contributed by atoms with Gasteiger partial charge in [-0.1, -0.05) is 0 Å². The SMILES string of the molecule is F[B-](F)(F)F.[C+]1=CNN=N1. The highest BCUT2D eigenvalue weighted by Gasteiger charge is 2.20. The largest absolute Gasteiger partial charge is 0.673 e. The summed E-state index contributed by atoms with van der Waals surface area (Å²) in [6.45, 7) is 0. The van der Waals surface area contributed by atoms with E-state index < -0.39 is 7.25 Å². The molecule has 0 fully saturated rings. The normalized spacial score (nSPS) is 13.2. The van der Waals surface area contributed by atoms with Crippen molar-refractivity contribution in [2.45, 2.75) is 0 Å². The molecule has 0 spiro atoms. The highest BCUT2D eigenvalue weighted by molar-refractivity contribution is 6.50. The highest BCUT2D eigenvalue weighted by Crippen LogP contribution is 2.06. The average Bonchev–Trinajstić information content (AvgIpc) is 2.07. The Morgan fingerprint density at radius 1 is 1.30 bits per heavy atom. The summed E-state index contributed by atoms with van der Waals surface area (Å²) < 4.78 is 39.0. The average molecular weight is 155 g/mol. The van der Waals surface area contributed by atoms with Crippen molar-refractivity contribution in [2.75, 3.05) is 0 Å². The van der Waals surface area contributed by atoms with Crippen LogP contribution >= 0.6 is 0 Å². The van der Waals surface area contributed by atoms with Crippen LogP contribution in [0.15, 0.2) is 16.5 Å². The third kappa shape index (κ3) is 15.8. The molecule has 0 saturated heterocycles. The molecule has 10 heavy (non-hydrogen) atoms. The van der Waals surface area contributed by atoms with Gasteiger partial charge in [0.2, 0.25) is 0 Å². The molecule has 56 valence electrons. The lowest BCUT2D eigenvalue weighted by Gasteiger charge is -1.94. The van der Waals surface area contributed by atoms with E-state index in [0.717, 1.165) is 0 Å². The van der Waals surface area contributed by atoms with Gasteiger partial charge in [0.25, 0.3) is 6.20 Å². The Balaban J connectivity index is 0.000000162. The summed E-state index contributed by atoms with van der Waals surface area (Å²) in [7, 11) is -6.00. The van der Waals surface area contributed by atoms with E-state index in [4.69, 9.17) is 0 Å². The number of hydrogen-bond donors (Lipinski definition) is 1. The van der Waals surface area contributed by atoms with Crippen molar-refractivity contribution in [3.8, 4) is 0 Å². The molecule has 0 amide bonds.